The summed E-state index contributed by atoms with van der Waals surface area (Å²) in [7, 11) is 1.30. The molecule has 198 valence electrons. The number of aromatic nitrogens is 3. The Bertz CT molecular complexity index is 1250. The Labute approximate surface area is 204 Å². The van der Waals surface area contributed by atoms with E-state index in [0.717, 1.165) is 27.0 Å². The number of carboxylic acids is 1. The van der Waals surface area contributed by atoms with Crippen molar-refractivity contribution in [3.63, 3.8) is 0 Å². The van der Waals surface area contributed by atoms with E-state index in [-0.39, 0.29) is 37.9 Å². The number of imide groups is 1. The Morgan fingerprint density at radius 3 is 2.19 bits per heavy atom. The fourth-order valence-electron chi connectivity index (χ4n) is 3.82. The average molecular weight is 532 g/mol. The zero-order chi connectivity index (χ0) is 27.3. The number of rotatable bonds is 6. The van der Waals surface area contributed by atoms with Crippen molar-refractivity contribution >= 4 is 24.1 Å². The highest BCUT2D eigenvalue weighted by atomic mass is 19.4. The number of hydrogen-bond acceptors (Lipinski definition) is 6. The van der Waals surface area contributed by atoms with Crippen LogP contribution in [-0.4, -0.2) is 85.7 Å². The molecule has 0 saturated carbocycles. The highest BCUT2D eigenvalue weighted by Crippen LogP contribution is 2.38. The molecule has 0 radical (unpaired) electrons. The van der Waals surface area contributed by atoms with Crippen molar-refractivity contribution in [2.75, 3.05) is 33.2 Å². The molecule has 0 aliphatic carbocycles. The fourth-order valence-corrected chi connectivity index (χ4v) is 3.82. The van der Waals surface area contributed by atoms with Crippen molar-refractivity contribution < 1.29 is 45.8 Å². The third kappa shape index (κ3) is 5.28. The van der Waals surface area contributed by atoms with Gasteiger partial charge in [-0.25, -0.2) is 14.5 Å². The molecular formula is C21H18F6N6O4. The average Bonchev–Trinajstić information content (AvgIpc) is 3.31. The van der Waals surface area contributed by atoms with Crippen LogP contribution in [0.25, 0.3) is 17.6 Å². The van der Waals surface area contributed by atoms with Gasteiger partial charge in [-0.3, -0.25) is 24.3 Å². The molecule has 0 spiro atoms. The predicted octanol–water partition coefficient (Wildman–Crippen LogP) is 2.69. The summed E-state index contributed by atoms with van der Waals surface area (Å²) < 4.78 is 79.8. The number of carboxylic acid groups (broad SMARTS) is 1. The Morgan fingerprint density at radius 2 is 1.65 bits per heavy atom. The van der Waals surface area contributed by atoms with Gasteiger partial charge in [-0.2, -0.15) is 26.3 Å². The molecule has 37 heavy (non-hydrogen) atoms. The Balaban J connectivity index is 1.54. The van der Waals surface area contributed by atoms with Gasteiger partial charge in [0.1, 0.15) is 12.0 Å². The number of halogens is 6. The Kier molecular flexibility index (Phi) is 6.47. The van der Waals surface area contributed by atoms with Crippen LogP contribution < -0.4 is 0 Å². The first-order valence-electron chi connectivity index (χ1n) is 10.6. The van der Waals surface area contributed by atoms with E-state index < -0.39 is 58.7 Å². The molecule has 4 rings (SSSR count). The normalized spacial score (nSPS) is 18.7. The van der Waals surface area contributed by atoms with E-state index in [1.54, 1.807) is 4.90 Å². The lowest BCUT2D eigenvalue weighted by atomic mass is 10.0. The van der Waals surface area contributed by atoms with Crippen LogP contribution in [0.4, 0.5) is 31.1 Å². The van der Waals surface area contributed by atoms with E-state index >= 15 is 0 Å². The van der Waals surface area contributed by atoms with Crippen molar-refractivity contribution in [3.8, 4) is 11.4 Å². The van der Waals surface area contributed by atoms with Crippen LogP contribution in [0.1, 0.15) is 11.1 Å². The maximum atomic E-state index is 13.1. The molecule has 1 aromatic carbocycles. The highest BCUT2D eigenvalue weighted by molar-refractivity contribution is 6.13. The minimum Gasteiger partial charge on any atom is -0.481 e. The minimum atomic E-state index is -5.05. The summed E-state index contributed by atoms with van der Waals surface area (Å²) in [4.78, 5) is 43.6. The first kappa shape index (κ1) is 26.1. The zero-order valence-electron chi connectivity index (χ0n) is 18.9. The number of likely N-dealkylation sites (tertiary alicyclic amines) is 1. The third-order valence-electron chi connectivity index (χ3n) is 5.90. The quantitative estimate of drug-likeness (QED) is 0.346. The van der Waals surface area contributed by atoms with Crippen LogP contribution in [0.5, 0.6) is 0 Å². The standard InChI is InChI=1S/C21H18F6N6O4/c1-30-15(17(34)33(19(30)37)3-2-31-7-12(8-31)18(35)36)9-32-10-28-16(29-32)11-4-13(20(22,23)24)6-14(5-11)21(25,26)27/h4-6,9-10,12H,2-3,7-8H2,1H3,(H,35,36)/b15-9-. The summed E-state index contributed by atoms with van der Waals surface area (Å²) in [5, 5.41) is 12.8. The first-order valence-corrected chi connectivity index (χ1v) is 10.6. The van der Waals surface area contributed by atoms with Crippen molar-refractivity contribution in [1.29, 1.82) is 0 Å². The highest BCUT2D eigenvalue weighted by Gasteiger charge is 2.41. The summed E-state index contributed by atoms with van der Waals surface area (Å²) in [6.07, 6.45) is -8.06. The van der Waals surface area contributed by atoms with Crippen LogP contribution in [0, 0.1) is 5.92 Å². The number of carbonyl (C=O) groups excluding carboxylic acids is 2. The number of alkyl halides is 6. The lowest BCUT2D eigenvalue weighted by molar-refractivity contribution is -0.148. The van der Waals surface area contributed by atoms with Crippen molar-refractivity contribution in [2.45, 2.75) is 12.4 Å². The SMILES string of the molecule is CN1C(=O)N(CCN2CC(C(=O)O)C2)C(=O)/C1=C/n1cnc(-c2cc(C(F)(F)F)cc(C(F)(F)F)c2)n1. The number of amides is 3. The van der Waals surface area contributed by atoms with Crippen LogP contribution in [-0.2, 0) is 21.9 Å². The number of aliphatic carboxylic acids is 1. The van der Waals surface area contributed by atoms with Crippen molar-refractivity contribution in [2.24, 2.45) is 5.92 Å². The summed E-state index contributed by atoms with van der Waals surface area (Å²) in [6, 6.07) is 0.270. The predicted molar refractivity (Wildman–Crippen MR) is 112 cm³/mol. The molecule has 2 saturated heterocycles. The van der Waals surface area contributed by atoms with Gasteiger partial charge in [0.15, 0.2) is 5.82 Å². The van der Waals surface area contributed by atoms with Gasteiger partial charge < -0.3 is 5.11 Å². The van der Waals surface area contributed by atoms with Crippen LogP contribution in [0.15, 0.2) is 30.2 Å². The van der Waals surface area contributed by atoms with Gasteiger partial charge >= 0.3 is 24.4 Å². The van der Waals surface area contributed by atoms with Crippen LogP contribution in [0.3, 0.4) is 0 Å². The van der Waals surface area contributed by atoms with Crippen molar-refractivity contribution in [1.82, 2.24) is 29.5 Å². The van der Waals surface area contributed by atoms with Gasteiger partial charge in [-0.15, -0.1) is 5.10 Å². The van der Waals surface area contributed by atoms with Crippen molar-refractivity contribution in [3.05, 3.63) is 41.4 Å². The van der Waals surface area contributed by atoms with Crippen LogP contribution >= 0.6 is 0 Å². The first-order chi connectivity index (χ1) is 17.1. The lowest BCUT2D eigenvalue weighted by Gasteiger charge is -2.37. The molecule has 0 bridgehead atoms. The van der Waals surface area contributed by atoms with E-state index in [1.807, 2.05) is 0 Å². The Morgan fingerprint density at radius 1 is 1.05 bits per heavy atom. The lowest BCUT2D eigenvalue weighted by Crippen LogP contribution is -2.52. The summed E-state index contributed by atoms with van der Waals surface area (Å²) in [5.74, 6) is -2.61. The van der Waals surface area contributed by atoms with E-state index in [9.17, 15) is 40.7 Å². The Hall–Kier alpha value is -3.95. The monoisotopic (exact) mass is 532 g/mol. The maximum absolute atomic E-state index is 13.1. The molecule has 0 unspecified atom stereocenters. The van der Waals surface area contributed by atoms with Gasteiger partial charge in [-0.05, 0) is 18.2 Å². The number of urea groups is 1. The topological polar surface area (TPSA) is 112 Å². The number of benzene rings is 1. The van der Waals surface area contributed by atoms with E-state index in [0.29, 0.717) is 12.1 Å². The number of hydrogen-bond donors (Lipinski definition) is 1. The molecule has 2 aliphatic heterocycles. The largest absolute Gasteiger partial charge is 0.481 e. The van der Waals surface area contributed by atoms with Gasteiger partial charge in [0, 0.05) is 38.8 Å². The smallest absolute Gasteiger partial charge is 0.416 e. The number of carbonyl (C=O) groups is 3. The molecule has 0 atom stereocenters. The summed E-state index contributed by atoms with van der Waals surface area (Å²) in [5.41, 5.74) is -3.77. The van der Waals surface area contributed by atoms with Gasteiger partial charge in [0.05, 0.1) is 23.2 Å². The van der Waals surface area contributed by atoms with Crippen LogP contribution in [0.2, 0.25) is 0 Å². The fraction of sp³-hybridized carbons (Fsp3) is 0.381. The second kappa shape index (κ2) is 9.17. The van der Waals surface area contributed by atoms with E-state index in [1.165, 1.54) is 7.05 Å². The molecule has 2 aromatic rings. The summed E-state index contributed by atoms with van der Waals surface area (Å²) >= 11 is 0. The third-order valence-corrected chi connectivity index (χ3v) is 5.90. The molecule has 2 fully saturated rings. The summed E-state index contributed by atoms with van der Waals surface area (Å²) in [6.45, 7) is 0.820. The van der Waals surface area contributed by atoms with E-state index in [4.69, 9.17) is 5.11 Å². The molecule has 3 amide bonds. The van der Waals surface area contributed by atoms with E-state index in [2.05, 4.69) is 10.1 Å². The minimum absolute atomic E-state index is 0.0151. The number of likely N-dealkylation sites (N-methyl/N-ethyl adjacent to an activating group) is 1. The maximum Gasteiger partial charge on any atom is 0.416 e. The molecule has 10 nitrogen and oxygen atoms in total. The molecule has 1 aromatic heterocycles. The number of nitrogens with zero attached hydrogens (tertiary/aromatic N) is 6. The zero-order valence-corrected chi connectivity index (χ0v) is 18.9. The molecule has 3 heterocycles. The second-order valence-electron chi connectivity index (χ2n) is 8.45. The molecular weight excluding hydrogens is 514 g/mol. The van der Waals surface area contributed by atoms with Gasteiger partial charge in [-0.1, -0.05) is 0 Å². The second-order valence-corrected chi connectivity index (χ2v) is 8.45. The molecule has 16 heteroatoms. The molecule has 1 N–H and O–H groups in total. The molecule has 2 aliphatic rings. The van der Waals surface area contributed by atoms with Gasteiger partial charge in [0.2, 0.25) is 0 Å². The van der Waals surface area contributed by atoms with Gasteiger partial charge in [0.25, 0.3) is 5.91 Å².